The minimum atomic E-state index is -0.332. The van der Waals surface area contributed by atoms with Crippen molar-refractivity contribution in [2.75, 3.05) is 6.54 Å². The first-order valence-corrected chi connectivity index (χ1v) is 8.71. The molecule has 0 saturated carbocycles. The molecule has 0 radical (unpaired) electrons. The highest BCUT2D eigenvalue weighted by molar-refractivity contribution is 5.97. The number of rotatable bonds is 5. The van der Waals surface area contributed by atoms with Crippen LogP contribution < -0.4 is 5.32 Å². The zero-order chi connectivity index (χ0) is 17.8. The van der Waals surface area contributed by atoms with Gasteiger partial charge >= 0.3 is 5.97 Å². The Morgan fingerprint density at radius 3 is 2.68 bits per heavy atom. The van der Waals surface area contributed by atoms with Crippen LogP contribution >= 0.6 is 0 Å². The van der Waals surface area contributed by atoms with Crippen molar-refractivity contribution in [1.82, 2.24) is 5.32 Å². The number of esters is 1. The quantitative estimate of drug-likeness (QED) is 0.842. The second-order valence-electron chi connectivity index (χ2n) is 6.82. The Bertz CT molecular complexity index is 768. The largest absolute Gasteiger partial charge is 0.454 e. The molecular formula is C21H23NO3. The lowest BCUT2D eigenvalue weighted by molar-refractivity contribution is 0.0252. The first-order chi connectivity index (χ1) is 12.0. The predicted molar refractivity (Wildman–Crippen MR) is 96.5 cm³/mol. The lowest BCUT2D eigenvalue weighted by Crippen LogP contribution is -2.27. The summed E-state index contributed by atoms with van der Waals surface area (Å²) in [5.74, 6) is 0.116. The molecule has 1 amide bonds. The van der Waals surface area contributed by atoms with Gasteiger partial charge in [-0.2, -0.15) is 0 Å². The molecule has 130 valence electrons. The first-order valence-electron chi connectivity index (χ1n) is 8.71. The molecule has 1 atom stereocenters. The Labute approximate surface area is 148 Å². The van der Waals surface area contributed by atoms with Gasteiger partial charge in [-0.25, -0.2) is 4.79 Å². The minimum Gasteiger partial charge on any atom is -0.454 e. The van der Waals surface area contributed by atoms with E-state index in [-0.39, 0.29) is 18.0 Å². The van der Waals surface area contributed by atoms with Gasteiger partial charge in [0.15, 0.2) is 0 Å². The van der Waals surface area contributed by atoms with Gasteiger partial charge < -0.3 is 10.1 Å². The van der Waals surface area contributed by atoms with Crippen molar-refractivity contribution in [2.24, 2.45) is 5.92 Å². The summed E-state index contributed by atoms with van der Waals surface area (Å²) < 4.78 is 5.55. The Kier molecular flexibility index (Phi) is 5.17. The molecule has 1 aliphatic rings. The lowest BCUT2D eigenvalue weighted by Gasteiger charge is -2.25. The van der Waals surface area contributed by atoms with Crippen molar-refractivity contribution in [3.63, 3.8) is 0 Å². The number of cyclic esters (lactones) is 1. The average Bonchev–Trinajstić information content (AvgIpc) is 2.61. The van der Waals surface area contributed by atoms with Gasteiger partial charge in [-0.05, 0) is 41.7 Å². The van der Waals surface area contributed by atoms with Crippen LogP contribution in [-0.2, 0) is 11.2 Å². The highest BCUT2D eigenvalue weighted by atomic mass is 16.5. The molecule has 4 nitrogen and oxygen atoms in total. The molecule has 2 aromatic rings. The normalized spacial score (nSPS) is 16.3. The predicted octanol–water partition coefficient (Wildman–Crippen LogP) is 3.92. The SMILES string of the molecule is CC(C)CCNC(=O)c1ccc2c(c1)CC(c1ccccc1)OC2=O. The summed E-state index contributed by atoms with van der Waals surface area (Å²) in [4.78, 5) is 24.6. The van der Waals surface area contributed by atoms with Crippen LogP contribution in [0.3, 0.4) is 0 Å². The molecule has 0 aromatic heterocycles. The van der Waals surface area contributed by atoms with E-state index >= 15 is 0 Å². The molecule has 1 heterocycles. The third kappa shape index (κ3) is 4.08. The van der Waals surface area contributed by atoms with E-state index in [0.717, 1.165) is 17.5 Å². The van der Waals surface area contributed by atoms with Gasteiger partial charge in [-0.15, -0.1) is 0 Å². The molecule has 0 spiro atoms. The van der Waals surface area contributed by atoms with Crippen LogP contribution in [-0.4, -0.2) is 18.4 Å². The summed E-state index contributed by atoms with van der Waals surface area (Å²) in [5, 5.41) is 2.94. The zero-order valence-electron chi connectivity index (χ0n) is 14.6. The van der Waals surface area contributed by atoms with Crippen molar-refractivity contribution in [3.05, 3.63) is 70.8 Å². The second-order valence-corrected chi connectivity index (χ2v) is 6.82. The van der Waals surface area contributed by atoms with E-state index in [1.54, 1.807) is 12.1 Å². The Balaban J connectivity index is 1.77. The first kappa shape index (κ1) is 17.2. The number of carbonyl (C=O) groups is 2. The molecule has 0 saturated heterocycles. The molecular weight excluding hydrogens is 314 g/mol. The van der Waals surface area contributed by atoms with E-state index in [0.29, 0.717) is 30.0 Å². The van der Waals surface area contributed by atoms with Gasteiger partial charge in [0.25, 0.3) is 5.91 Å². The third-order valence-corrected chi connectivity index (χ3v) is 4.42. The van der Waals surface area contributed by atoms with Crippen LogP contribution in [0.5, 0.6) is 0 Å². The van der Waals surface area contributed by atoms with E-state index in [9.17, 15) is 9.59 Å². The summed E-state index contributed by atoms with van der Waals surface area (Å²) in [6.45, 7) is 4.91. The van der Waals surface area contributed by atoms with E-state index in [4.69, 9.17) is 4.74 Å². The van der Waals surface area contributed by atoms with Crippen molar-refractivity contribution in [1.29, 1.82) is 0 Å². The fraction of sp³-hybridized carbons (Fsp3) is 0.333. The van der Waals surface area contributed by atoms with Crippen molar-refractivity contribution < 1.29 is 14.3 Å². The smallest absolute Gasteiger partial charge is 0.339 e. The number of benzene rings is 2. The van der Waals surface area contributed by atoms with Crippen molar-refractivity contribution in [2.45, 2.75) is 32.8 Å². The van der Waals surface area contributed by atoms with Crippen molar-refractivity contribution in [3.8, 4) is 0 Å². The minimum absolute atomic E-state index is 0.0985. The highest BCUT2D eigenvalue weighted by Gasteiger charge is 2.28. The zero-order valence-corrected chi connectivity index (χ0v) is 14.6. The second kappa shape index (κ2) is 7.51. The average molecular weight is 337 g/mol. The van der Waals surface area contributed by atoms with E-state index in [1.807, 2.05) is 36.4 Å². The van der Waals surface area contributed by atoms with Gasteiger partial charge in [0, 0.05) is 18.5 Å². The standard InChI is InChI=1S/C21H23NO3/c1-14(2)10-11-22-20(23)16-8-9-18-17(12-16)13-19(25-21(18)24)15-6-4-3-5-7-15/h3-9,12,14,19H,10-11,13H2,1-2H3,(H,22,23). The van der Waals surface area contributed by atoms with Crippen LogP contribution in [0.1, 0.15) is 58.2 Å². The number of amides is 1. The number of nitrogens with one attached hydrogen (secondary N) is 1. The Morgan fingerprint density at radius 2 is 1.96 bits per heavy atom. The van der Waals surface area contributed by atoms with Crippen molar-refractivity contribution >= 4 is 11.9 Å². The lowest BCUT2D eigenvalue weighted by atomic mass is 9.93. The number of fused-ring (bicyclic) bond motifs is 1. The summed E-state index contributed by atoms with van der Waals surface area (Å²) >= 11 is 0. The van der Waals surface area contributed by atoms with Crippen LogP contribution in [0.25, 0.3) is 0 Å². The van der Waals surface area contributed by atoms with Gasteiger partial charge in [-0.1, -0.05) is 44.2 Å². The summed E-state index contributed by atoms with van der Waals surface area (Å²) in [6.07, 6.45) is 1.22. The van der Waals surface area contributed by atoms with E-state index < -0.39 is 0 Å². The number of hydrogen-bond donors (Lipinski definition) is 1. The maximum atomic E-state index is 12.3. The number of ether oxygens (including phenoxy) is 1. The molecule has 25 heavy (non-hydrogen) atoms. The Hall–Kier alpha value is -2.62. The van der Waals surface area contributed by atoms with Crippen LogP contribution in [0.15, 0.2) is 48.5 Å². The molecule has 1 aliphatic heterocycles. The molecule has 1 N–H and O–H groups in total. The molecule has 0 fully saturated rings. The van der Waals surface area contributed by atoms with Gasteiger partial charge in [0.05, 0.1) is 5.56 Å². The number of carbonyl (C=O) groups excluding carboxylic acids is 2. The summed E-state index contributed by atoms with van der Waals surface area (Å²) in [6, 6.07) is 14.9. The molecule has 3 rings (SSSR count). The van der Waals surface area contributed by atoms with Crippen LogP contribution in [0, 0.1) is 5.92 Å². The topological polar surface area (TPSA) is 55.4 Å². The highest BCUT2D eigenvalue weighted by Crippen LogP contribution is 2.31. The van der Waals surface area contributed by atoms with Gasteiger partial charge in [-0.3, -0.25) is 4.79 Å². The van der Waals surface area contributed by atoms with Crippen LogP contribution in [0.2, 0.25) is 0 Å². The third-order valence-electron chi connectivity index (χ3n) is 4.42. The monoisotopic (exact) mass is 337 g/mol. The fourth-order valence-corrected chi connectivity index (χ4v) is 2.97. The molecule has 2 aromatic carbocycles. The molecule has 1 unspecified atom stereocenters. The van der Waals surface area contributed by atoms with E-state index in [2.05, 4.69) is 19.2 Å². The van der Waals surface area contributed by atoms with E-state index in [1.165, 1.54) is 0 Å². The molecule has 4 heteroatoms. The molecule has 0 bridgehead atoms. The maximum Gasteiger partial charge on any atom is 0.339 e. The summed E-state index contributed by atoms with van der Waals surface area (Å²) in [7, 11) is 0. The summed E-state index contributed by atoms with van der Waals surface area (Å²) in [5.41, 5.74) is 2.96. The van der Waals surface area contributed by atoms with Gasteiger partial charge in [0.2, 0.25) is 0 Å². The van der Waals surface area contributed by atoms with Gasteiger partial charge in [0.1, 0.15) is 6.10 Å². The number of hydrogen-bond acceptors (Lipinski definition) is 3. The Morgan fingerprint density at radius 1 is 1.20 bits per heavy atom. The van der Waals surface area contributed by atoms with Crippen LogP contribution in [0.4, 0.5) is 0 Å². The fourth-order valence-electron chi connectivity index (χ4n) is 2.97. The molecule has 0 aliphatic carbocycles. The maximum absolute atomic E-state index is 12.3.